The van der Waals surface area contributed by atoms with E-state index in [1.54, 1.807) is 24.4 Å². The molecule has 12 heteroatoms. The molecule has 10 aromatic rings. The third-order valence-corrected chi connectivity index (χ3v) is 11.3. The van der Waals surface area contributed by atoms with Crippen molar-refractivity contribution in [2.24, 2.45) is 0 Å². The van der Waals surface area contributed by atoms with Crippen LogP contribution in [0.2, 0.25) is 5.02 Å². The molecule has 0 amide bonds. The molecular weight excluding hydrogens is 875 g/mol. The molecule has 0 fully saturated rings. The van der Waals surface area contributed by atoms with Crippen LogP contribution in [-0.2, 0) is 0 Å². The van der Waals surface area contributed by atoms with Crippen molar-refractivity contribution in [3.8, 4) is 22.5 Å². The second kappa shape index (κ2) is 16.9. The van der Waals surface area contributed by atoms with E-state index >= 15 is 0 Å². The molecule has 0 spiro atoms. The Morgan fingerprint density at radius 3 is 1.24 bits per heavy atom. The van der Waals surface area contributed by atoms with E-state index in [-0.39, 0.29) is 0 Å². The number of fused-ring (bicyclic) bond motifs is 6. The number of benzene rings is 6. The summed E-state index contributed by atoms with van der Waals surface area (Å²) in [7, 11) is -1.44. The topological polar surface area (TPSA) is 128 Å². The Kier molecular flexibility index (Phi) is 11.3. The molecule has 58 heavy (non-hydrogen) atoms. The van der Waals surface area contributed by atoms with Gasteiger partial charge in [0.15, 0.2) is 0 Å². The molecule has 0 aliphatic carbocycles. The summed E-state index contributed by atoms with van der Waals surface area (Å²) in [5.41, 5.74) is 20.6. The minimum absolute atomic E-state index is 0.458. The molecule has 0 saturated heterocycles. The number of nitrogens with zero attached hydrogens (tertiary/aromatic N) is 4. The molecule has 0 aliphatic heterocycles. The highest BCUT2D eigenvalue weighted by atomic mass is 79.9. The van der Waals surface area contributed by atoms with Crippen molar-refractivity contribution < 1.29 is 10.0 Å². The molecule has 10 rings (SSSR count). The lowest BCUT2D eigenvalue weighted by molar-refractivity contribution is 0.426. The zero-order chi connectivity index (χ0) is 40.3. The van der Waals surface area contributed by atoms with Gasteiger partial charge in [-0.05, 0) is 104 Å². The summed E-state index contributed by atoms with van der Waals surface area (Å²) >= 11 is 12.2. The summed E-state index contributed by atoms with van der Waals surface area (Å²) in [5.74, 6) is 0.958. The van der Waals surface area contributed by atoms with Gasteiger partial charge >= 0.3 is 7.12 Å². The number of hydrogen-bond acceptors (Lipinski definition) is 6. The average molecular weight is 909 g/mol. The maximum atomic E-state index is 9.24. The van der Waals surface area contributed by atoms with Gasteiger partial charge in [-0.1, -0.05) is 109 Å². The minimum Gasteiger partial charge on any atom is -0.423 e. The lowest BCUT2D eigenvalue weighted by Gasteiger charge is -2.09. The quantitative estimate of drug-likeness (QED) is 0.130. The number of para-hydroxylation sites is 4. The molecule has 6 N–H and O–H groups in total. The van der Waals surface area contributed by atoms with Gasteiger partial charge in [-0.2, -0.15) is 0 Å². The van der Waals surface area contributed by atoms with Crippen LogP contribution in [0.3, 0.4) is 0 Å². The average Bonchev–Trinajstić information content (AvgIpc) is 3.77. The van der Waals surface area contributed by atoms with Gasteiger partial charge in [0.1, 0.15) is 11.6 Å². The molecule has 0 atom stereocenters. The van der Waals surface area contributed by atoms with E-state index in [1.165, 1.54) is 38.8 Å². The normalized spacial score (nSPS) is 11.0. The summed E-state index contributed by atoms with van der Waals surface area (Å²) in [5, 5.41) is 24.0. The third-order valence-electron chi connectivity index (χ3n) is 9.77. The summed E-state index contributed by atoms with van der Waals surface area (Å²) in [4.78, 5) is 8.01. The van der Waals surface area contributed by atoms with Crippen LogP contribution in [0.1, 0.15) is 0 Å². The maximum Gasteiger partial charge on any atom is 0.488 e. The largest absolute Gasteiger partial charge is 0.488 e. The van der Waals surface area contributed by atoms with Gasteiger partial charge in [-0.3, -0.25) is 0 Å². The summed E-state index contributed by atoms with van der Waals surface area (Å²) in [6, 6.07) is 53.2. The van der Waals surface area contributed by atoms with E-state index in [9.17, 15) is 10.0 Å². The molecule has 6 aromatic carbocycles. The zero-order valence-corrected chi connectivity index (χ0v) is 34.6. The highest BCUT2D eigenvalue weighted by molar-refractivity contribution is 9.11. The fourth-order valence-corrected chi connectivity index (χ4v) is 8.02. The van der Waals surface area contributed by atoms with Crippen LogP contribution in [0.25, 0.3) is 66.1 Å². The first kappa shape index (κ1) is 38.9. The first-order valence-electron chi connectivity index (χ1n) is 18.2. The second-order valence-electron chi connectivity index (χ2n) is 13.4. The van der Waals surface area contributed by atoms with Gasteiger partial charge in [-0.15, -0.1) is 0 Å². The van der Waals surface area contributed by atoms with E-state index in [2.05, 4.69) is 148 Å². The number of nitrogen functional groups attached to an aromatic ring is 2. The Labute approximate surface area is 356 Å². The molecule has 0 aliphatic rings. The fourth-order valence-electron chi connectivity index (χ4n) is 7.03. The number of anilines is 2. The van der Waals surface area contributed by atoms with Gasteiger partial charge in [0, 0.05) is 50.9 Å². The monoisotopic (exact) mass is 906 g/mol. The van der Waals surface area contributed by atoms with Gasteiger partial charge < -0.3 is 30.6 Å². The van der Waals surface area contributed by atoms with Crippen LogP contribution in [0.5, 0.6) is 0 Å². The van der Waals surface area contributed by atoms with E-state index in [1.807, 2.05) is 42.5 Å². The summed E-state index contributed by atoms with van der Waals surface area (Å²) < 4.78 is 6.05. The van der Waals surface area contributed by atoms with Crippen molar-refractivity contribution in [2.75, 3.05) is 11.5 Å². The predicted octanol–water partition coefficient (Wildman–Crippen LogP) is 10.7. The van der Waals surface area contributed by atoms with Crippen molar-refractivity contribution in [2.45, 2.75) is 0 Å². The molecule has 0 saturated carbocycles. The van der Waals surface area contributed by atoms with E-state index in [0.717, 1.165) is 42.5 Å². The van der Waals surface area contributed by atoms with Crippen molar-refractivity contribution in [3.63, 3.8) is 0 Å². The van der Waals surface area contributed by atoms with Crippen LogP contribution in [0, 0.1) is 0 Å². The standard InChI is InChI=1S/C23H16BrN3.C18H14BNO2.C5H4BrClN2/c24-20-13-16(14-26-23(20)25)15-9-11-17(12-10-15)27-21-7-3-1-5-18(21)19-6-2-4-8-22(19)27;21-19(22)13-9-11-14(12-10-13)20-17-7-3-1-5-15(17)16-6-2-4-8-18(16)20;6-4-1-3(7)2-9-5(4)8/h1-14H,(H2,25,26);1-12,21-22H;1-2H,(H2,8,9). The number of aromatic nitrogens is 4. The Morgan fingerprint density at radius 1 is 0.483 bits per heavy atom. The number of nitrogens with two attached hydrogens (primary N) is 2. The lowest BCUT2D eigenvalue weighted by Crippen LogP contribution is -2.29. The zero-order valence-electron chi connectivity index (χ0n) is 30.7. The Bertz CT molecular complexity index is 2960. The summed E-state index contributed by atoms with van der Waals surface area (Å²) in [6.07, 6.45) is 3.30. The van der Waals surface area contributed by atoms with Gasteiger partial charge in [0.25, 0.3) is 0 Å². The Hall–Kier alpha value is -5.95. The molecule has 284 valence electrons. The Morgan fingerprint density at radius 2 is 0.862 bits per heavy atom. The molecular formula is C46H34BBr2ClN6O2. The van der Waals surface area contributed by atoms with Crippen LogP contribution < -0.4 is 16.9 Å². The van der Waals surface area contributed by atoms with E-state index < -0.39 is 7.12 Å². The number of halogens is 3. The van der Waals surface area contributed by atoms with Crippen molar-refractivity contribution in [1.82, 2.24) is 19.1 Å². The molecule has 4 aromatic heterocycles. The predicted molar refractivity (Wildman–Crippen MR) is 248 cm³/mol. The first-order valence-corrected chi connectivity index (χ1v) is 20.2. The van der Waals surface area contributed by atoms with Gasteiger partial charge in [0.05, 0.1) is 36.0 Å². The van der Waals surface area contributed by atoms with Gasteiger partial charge in [0.2, 0.25) is 0 Å². The molecule has 0 bridgehead atoms. The number of pyridine rings is 2. The van der Waals surface area contributed by atoms with Crippen molar-refractivity contribution in [3.05, 3.63) is 184 Å². The Balaban J connectivity index is 0.000000136. The summed E-state index contributed by atoms with van der Waals surface area (Å²) in [6.45, 7) is 0. The highest BCUT2D eigenvalue weighted by Crippen LogP contribution is 2.34. The van der Waals surface area contributed by atoms with E-state index in [0.29, 0.717) is 22.1 Å². The third kappa shape index (κ3) is 7.83. The second-order valence-corrected chi connectivity index (χ2v) is 15.5. The van der Waals surface area contributed by atoms with Crippen LogP contribution in [0.4, 0.5) is 11.6 Å². The first-order chi connectivity index (χ1) is 28.2. The number of hydrogen-bond donors (Lipinski definition) is 4. The van der Waals surface area contributed by atoms with E-state index in [4.69, 9.17) is 23.1 Å². The smallest absolute Gasteiger partial charge is 0.423 e. The number of rotatable bonds is 4. The fraction of sp³-hybridized carbons (Fsp3) is 0. The van der Waals surface area contributed by atoms with Crippen LogP contribution in [0.15, 0.2) is 179 Å². The molecule has 8 nitrogen and oxygen atoms in total. The highest BCUT2D eigenvalue weighted by Gasteiger charge is 2.14. The van der Waals surface area contributed by atoms with Gasteiger partial charge in [-0.25, -0.2) is 9.97 Å². The maximum absolute atomic E-state index is 9.24. The van der Waals surface area contributed by atoms with Crippen molar-refractivity contribution in [1.29, 1.82) is 0 Å². The molecule has 0 radical (unpaired) electrons. The van der Waals surface area contributed by atoms with Crippen molar-refractivity contribution >= 4 is 111 Å². The molecule has 0 unspecified atom stereocenters. The van der Waals surface area contributed by atoms with Crippen LogP contribution in [-0.4, -0.2) is 36.3 Å². The van der Waals surface area contributed by atoms with Crippen LogP contribution >= 0.6 is 43.5 Å². The lowest BCUT2D eigenvalue weighted by atomic mass is 9.80. The SMILES string of the molecule is Nc1ncc(-c2ccc(-n3c4ccccc4c4ccccc43)cc2)cc1Br.Nc1ncc(Cl)cc1Br.OB(O)c1ccc(-n2c3ccccc3c3ccccc32)cc1. The molecule has 4 heterocycles. The minimum atomic E-state index is -1.44.